The number of rotatable bonds is 8. The fourth-order valence-electron chi connectivity index (χ4n) is 3.04. The molecule has 1 amide bonds. The highest BCUT2D eigenvalue weighted by Gasteiger charge is 2.34. The van der Waals surface area contributed by atoms with Crippen LogP contribution in [0, 0.1) is 0 Å². The van der Waals surface area contributed by atoms with Gasteiger partial charge in [0.2, 0.25) is 0 Å². The molecule has 0 radical (unpaired) electrons. The van der Waals surface area contributed by atoms with Gasteiger partial charge in [-0.2, -0.15) is 13.2 Å². The predicted molar refractivity (Wildman–Crippen MR) is 105 cm³/mol. The van der Waals surface area contributed by atoms with Gasteiger partial charge in [0.05, 0.1) is 20.2 Å². The second-order valence-electron chi connectivity index (χ2n) is 6.73. The van der Waals surface area contributed by atoms with Crippen molar-refractivity contribution in [3.05, 3.63) is 29.8 Å². The molecular weight excluding hydrogens is 387 g/mol. The van der Waals surface area contributed by atoms with E-state index in [1.54, 1.807) is 31.4 Å². The Hall–Kier alpha value is -2.49. The molecule has 1 aliphatic rings. The van der Waals surface area contributed by atoms with Gasteiger partial charge in [-0.15, -0.1) is 0 Å². The standard InChI is InChI=1S/C19H28F3N5O2/c1-3-23-18(26-15-8-11-27(12-15)13-19(20,21)22)25-10-9-24-17(28)14-4-6-16(29-2)7-5-14/h4-7,15H,3,8-13H2,1-2H3,(H,24,28)(H2,23,25,26). The molecule has 1 aromatic carbocycles. The number of nitrogens with zero attached hydrogens (tertiary/aromatic N) is 2. The molecule has 0 aromatic heterocycles. The molecule has 1 atom stereocenters. The SMILES string of the molecule is CCNC(=NCCNC(=O)c1ccc(OC)cc1)NC1CCN(CC(F)(F)F)C1. The smallest absolute Gasteiger partial charge is 0.401 e. The topological polar surface area (TPSA) is 78.0 Å². The fourth-order valence-corrected chi connectivity index (χ4v) is 3.04. The third-order valence-corrected chi connectivity index (χ3v) is 4.38. The number of nitrogens with one attached hydrogen (secondary N) is 3. The van der Waals surface area contributed by atoms with E-state index in [1.165, 1.54) is 4.90 Å². The first-order valence-electron chi connectivity index (χ1n) is 9.57. The van der Waals surface area contributed by atoms with Gasteiger partial charge in [0.25, 0.3) is 5.91 Å². The molecule has 3 N–H and O–H groups in total. The van der Waals surface area contributed by atoms with E-state index in [2.05, 4.69) is 20.9 Å². The first-order chi connectivity index (χ1) is 13.8. The van der Waals surface area contributed by atoms with E-state index in [9.17, 15) is 18.0 Å². The quantitative estimate of drug-likeness (QED) is 0.342. The molecule has 7 nitrogen and oxygen atoms in total. The summed E-state index contributed by atoms with van der Waals surface area (Å²) in [6.07, 6.45) is -3.57. The number of aliphatic imine (C=N–C) groups is 1. The Morgan fingerprint density at radius 1 is 1.28 bits per heavy atom. The number of carbonyl (C=O) groups is 1. The third kappa shape index (κ3) is 8.18. The summed E-state index contributed by atoms with van der Waals surface area (Å²) in [5.41, 5.74) is 0.524. The molecule has 0 spiro atoms. The Balaban J connectivity index is 1.77. The van der Waals surface area contributed by atoms with Crippen LogP contribution >= 0.6 is 0 Å². The van der Waals surface area contributed by atoms with Gasteiger partial charge in [-0.1, -0.05) is 0 Å². The lowest BCUT2D eigenvalue weighted by atomic mass is 10.2. The Kier molecular flexibility index (Phi) is 8.56. The molecule has 0 saturated carbocycles. The van der Waals surface area contributed by atoms with E-state index in [4.69, 9.17) is 4.74 Å². The number of ether oxygens (including phenoxy) is 1. The average molecular weight is 415 g/mol. The van der Waals surface area contributed by atoms with E-state index < -0.39 is 12.7 Å². The number of alkyl halides is 3. The van der Waals surface area contributed by atoms with E-state index in [0.717, 1.165) is 0 Å². The summed E-state index contributed by atoms with van der Waals surface area (Å²) in [5.74, 6) is 0.998. The Morgan fingerprint density at radius 2 is 2.00 bits per heavy atom. The predicted octanol–water partition coefficient (Wildman–Crippen LogP) is 1.62. The number of methoxy groups -OCH3 is 1. The van der Waals surface area contributed by atoms with Gasteiger partial charge >= 0.3 is 6.18 Å². The molecule has 0 aliphatic carbocycles. The number of benzene rings is 1. The van der Waals surface area contributed by atoms with Crippen molar-refractivity contribution in [1.82, 2.24) is 20.9 Å². The molecule has 1 aromatic rings. The normalized spacial score (nSPS) is 17.8. The van der Waals surface area contributed by atoms with Crippen LogP contribution in [-0.2, 0) is 0 Å². The van der Waals surface area contributed by atoms with Gasteiger partial charge in [-0.05, 0) is 37.6 Å². The van der Waals surface area contributed by atoms with Crippen LogP contribution < -0.4 is 20.7 Å². The molecule has 1 saturated heterocycles. The number of amides is 1. The van der Waals surface area contributed by atoms with Crippen LogP contribution in [-0.4, -0.2) is 75.4 Å². The summed E-state index contributed by atoms with van der Waals surface area (Å²) >= 11 is 0. The molecular formula is C19H28F3N5O2. The van der Waals surface area contributed by atoms with Crippen molar-refractivity contribution in [2.75, 3.05) is 46.4 Å². The van der Waals surface area contributed by atoms with Gasteiger partial charge in [-0.3, -0.25) is 14.7 Å². The summed E-state index contributed by atoms with van der Waals surface area (Å²) in [4.78, 5) is 17.9. The minimum atomic E-state index is -4.18. The fraction of sp³-hybridized carbons (Fsp3) is 0.579. The van der Waals surface area contributed by atoms with Gasteiger partial charge in [0, 0.05) is 37.8 Å². The lowest BCUT2D eigenvalue weighted by Crippen LogP contribution is -2.45. The van der Waals surface area contributed by atoms with E-state index in [1.807, 2.05) is 6.92 Å². The minimum absolute atomic E-state index is 0.0935. The van der Waals surface area contributed by atoms with E-state index in [0.29, 0.717) is 56.4 Å². The highest BCUT2D eigenvalue weighted by molar-refractivity contribution is 5.94. The van der Waals surface area contributed by atoms with Crippen molar-refractivity contribution in [2.24, 2.45) is 4.99 Å². The van der Waals surface area contributed by atoms with Crippen molar-refractivity contribution in [3.8, 4) is 5.75 Å². The summed E-state index contributed by atoms with van der Waals surface area (Å²) in [6, 6.07) is 6.68. The monoisotopic (exact) mass is 415 g/mol. The summed E-state index contributed by atoms with van der Waals surface area (Å²) in [6.45, 7) is 3.04. The van der Waals surface area contributed by atoms with Gasteiger partial charge in [0.15, 0.2) is 5.96 Å². The van der Waals surface area contributed by atoms with Crippen LogP contribution in [0.1, 0.15) is 23.7 Å². The Labute approximate surface area is 168 Å². The lowest BCUT2D eigenvalue weighted by molar-refractivity contribution is -0.143. The van der Waals surface area contributed by atoms with Crippen LogP contribution in [0.25, 0.3) is 0 Å². The molecule has 1 fully saturated rings. The molecule has 162 valence electrons. The Bertz CT molecular complexity index is 679. The number of carbonyl (C=O) groups excluding carboxylic acids is 1. The molecule has 1 aliphatic heterocycles. The highest BCUT2D eigenvalue weighted by Crippen LogP contribution is 2.19. The summed E-state index contributed by atoms with van der Waals surface area (Å²) < 4.78 is 42.6. The Morgan fingerprint density at radius 3 is 2.62 bits per heavy atom. The second-order valence-corrected chi connectivity index (χ2v) is 6.73. The third-order valence-electron chi connectivity index (χ3n) is 4.38. The maximum atomic E-state index is 12.5. The summed E-state index contributed by atoms with van der Waals surface area (Å²) in [5, 5.41) is 9.03. The average Bonchev–Trinajstić information content (AvgIpc) is 3.10. The van der Waals surface area contributed by atoms with Gasteiger partial charge < -0.3 is 20.7 Å². The van der Waals surface area contributed by atoms with Crippen LogP contribution in [0.15, 0.2) is 29.3 Å². The number of hydrogen-bond donors (Lipinski definition) is 3. The van der Waals surface area contributed by atoms with Crippen LogP contribution in [0.2, 0.25) is 0 Å². The maximum absolute atomic E-state index is 12.5. The zero-order valence-corrected chi connectivity index (χ0v) is 16.7. The van der Waals surface area contributed by atoms with Crippen molar-refractivity contribution < 1.29 is 22.7 Å². The maximum Gasteiger partial charge on any atom is 0.401 e. The summed E-state index contributed by atoms with van der Waals surface area (Å²) in [7, 11) is 1.56. The van der Waals surface area contributed by atoms with E-state index >= 15 is 0 Å². The van der Waals surface area contributed by atoms with Crippen molar-refractivity contribution in [3.63, 3.8) is 0 Å². The van der Waals surface area contributed by atoms with E-state index in [-0.39, 0.29) is 11.9 Å². The number of guanidine groups is 1. The molecule has 0 bridgehead atoms. The van der Waals surface area contributed by atoms with Crippen molar-refractivity contribution in [2.45, 2.75) is 25.6 Å². The zero-order chi connectivity index (χ0) is 21.3. The lowest BCUT2D eigenvalue weighted by Gasteiger charge is -2.19. The number of likely N-dealkylation sites (tertiary alicyclic amines) is 1. The molecule has 2 rings (SSSR count). The van der Waals surface area contributed by atoms with Crippen LogP contribution in [0.3, 0.4) is 0 Å². The first-order valence-corrected chi connectivity index (χ1v) is 9.57. The molecule has 1 unspecified atom stereocenters. The molecule has 10 heteroatoms. The van der Waals surface area contributed by atoms with Crippen molar-refractivity contribution in [1.29, 1.82) is 0 Å². The second kappa shape index (κ2) is 10.9. The number of halogens is 3. The highest BCUT2D eigenvalue weighted by atomic mass is 19.4. The minimum Gasteiger partial charge on any atom is -0.497 e. The van der Waals surface area contributed by atoms with Gasteiger partial charge in [-0.25, -0.2) is 0 Å². The first kappa shape index (κ1) is 22.8. The molecule has 1 heterocycles. The molecule has 29 heavy (non-hydrogen) atoms. The van der Waals surface area contributed by atoms with Crippen LogP contribution in [0.5, 0.6) is 5.75 Å². The largest absolute Gasteiger partial charge is 0.497 e. The van der Waals surface area contributed by atoms with Crippen LogP contribution in [0.4, 0.5) is 13.2 Å². The van der Waals surface area contributed by atoms with Gasteiger partial charge in [0.1, 0.15) is 5.75 Å². The number of hydrogen-bond acceptors (Lipinski definition) is 4. The zero-order valence-electron chi connectivity index (χ0n) is 16.7. The van der Waals surface area contributed by atoms with Crippen molar-refractivity contribution >= 4 is 11.9 Å².